The quantitative estimate of drug-likeness (QED) is 0.858. The van der Waals surface area contributed by atoms with Gasteiger partial charge in [0.15, 0.2) is 0 Å². The molecule has 0 aromatic heterocycles. The van der Waals surface area contributed by atoms with Crippen LogP contribution in [0.5, 0.6) is 0 Å². The minimum atomic E-state index is 0.386. The highest BCUT2D eigenvalue weighted by molar-refractivity contribution is 7.99. The molecule has 0 radical (unpaired) electrons. The number of thioether (sulfide) groups is 1. The van der Waals surface area contributed by atoms with Gasteiger partial charge in [-0.15, -0.1) is 11.8 Å². The van der Waals surface area contributed by atoms with Gasteiger partial charge in [-0.1, -0.05) is 25.5 Å². The van der Waals surface area contributed by atoms with Gasteiger partial charge in [0.2, 0.25) is 0 Å². The van der Waals surface area contributed by atoms with Crippen LogP contribution in [0.1, 0.15) is 36.9 Å². The minimum Gasteiger partial charge on any atom is -0.330 e. The van der Waals surface area contributed by atoms with Gasteiger partial charge in [0.25, 0.3) is 0 Å². The van der Waals surface area contributed by atoms with Crippen molar-refractivity contribution in [2.24, 2.45) is 11.7 Å². The van der Waals surface area contributed by atoms with E-state index in [0.717, 1.165) is 13.0 Å². The summed E-state index contributed by atoms with van der Waals surface area (Å²) in [5.74, 6) is 1.78. The van der Waals surface area contributed by atoms with Crippen LogP contribution in [0.15, 0.2) is 23.1 Å². The average molecular weight is 264 g/mol. The molecule has 18 heavy (non-hydrogen) atoms. The number of benzene rings is 1. The molecule has 1 aliphatic rings. The number of fused-ring (bicyclic) bond motifs is 1. The van der Waals surface area contributed by atoms with Gasteiger partial charge in [-0.25, -0.2) is 0 Å². The molecular formula is C15H24N2S. The molecule has 0 saturated heterocycles. The lowest BCUT2D eigenvalue weighted by Crippen LogP contribution is -2.30. The number of hydrogen-bond donors (Lipinski definition) is 2. The lowest BCUT2D eigenvalue weighted by Gasteiger charge is -2.26. The van der Waals surface area contributed by atoms with E-state index in [4.69, 9.17) is 5.73 Å². The molecule has 1 aliphatic heterocycles. The summed E-state index contributed by atoms with van der Waals surface area (Å²) in [7, 11) is 2.04. The maximum atomic E-state index is 5.89. The van der Waals surface area contributed by atoms with Crippen LogP contribution >= 0.6 is 11.8 Å². The third-order valence-corrected chi connectivity index (χ3v) is 5.10. The Labute approximate surface area is 115 Å². The van der Waals surface area contributed by atoms with Crippen molar-refractivity contribution in [1.29, 1.82) is 0 Å². The summed E-state index contributed by atoms with van der Waals surface area (Å²) in [6.45, 7) is 2.96. The highest BCUT2D eigenvalue weighted by Crippen LogP contribution is 2.33. The van der Waals surface area contributed by atoms with Crippen molar-refractivity contribution in [3.05, 3.63) is 29.3 Å². The van der Waals surface area contributed by atoms with Crippen molar-refractivity contribution >= 4 is 11.8 Å². The Kier molecular flexibility index (Phi) is 5.10. The van der Waals surface area contributed by atoms with Gasteiger partial charge in [0.05, 0.1) is 0 Å². The first-order valence-electron chi connectivity index (χ1n) is 6.93. The Morgan fingerprint density at radius 3 is 2.94 bits per heavy atom. The summed E-state index contributed by atoms with van der Waals surface area (Å²) in [6.07, 6.45) is 3.65. The lowest BCUT2D eigenvalue weighted by molar-refractivity contribution is 0.378. The first-order chi connectivity index (χ1) is 8.80. The van der Waals surface area contributed by atoms with Gasteiger partial charge in [-0.2, -0.15) is 0 Å². The van der Waals surface area contributed by atoms with Crippen LogP contribution < -0.4 is 11.1 Å². The van der Waals surface area contributed by atoms with Crippen LogP contribution in [0.25, 0.3) is 0 Å². The van der Waals surface area contributed by atoms with E-state index >= 15 is 0 Å². The number of nitrogens with one attached hydrogen (secondary N) is 1. The Balaban J connectivity index is 2.25. The Morgan fingerprint density at radius 2 is 2.28 bits per heavy atom. The van der Waals surface area contributed by atoms with Crippen molar-refractivity contribution in [3.63, 3.8) is 0 Å². The molecule has 1 aromatic rings. The van der Waals surface area contributed by atoms with Crippen LogP contribution in [-0.4, -0.2) is 19.3 Å². The highest BCUT2D eigenvalue weighted by atomic mass is 32.2. The van der Waals surface area contributed by atoms with Crippen molar-refractivity contribution in [2.75, 3.05) is 19.3 Å². The molecule has 0 spiro atoms. The SMILES string of the molecule is CCC(CN)C(NC)c1ccc2c(c1)CCCS2. The van der Waals surface area contributed by atoms with Gasteiger partial charge in [-0.05, 0) is 55.3 Å². The number of aryl methyl sites for hydroxylation is 1. The number of rotatable bonds is 5. The second kappa shape index (κ2) is 6.60. The van der Waals surface area contributed by atoms with Crippen molar-refractivity contribution in [2.45, 2.75) is 37.1 Å². The molecule has 2 nitrogen and oxygen atoms in total. The van der Waals surface area contributed by atoms with Gasteiger partial charge < -0.3 is 11.1 Å². The molecule has 2 unspecified atom stereocenters. The Hall–Kier alpha value is -0.510. The average Bonchev–Trinajstić information content (AvgIpc) is 2.44. The third-order valence-electron chi connectivity index (χ3n) is 3.90. The van der Waals surface area contributed by atoms with Crippen LogP contribution in [0.3, 0.4) is 0 Å². The van der Waals surface area contributed by atoms with Crippen LogP contribution in [-0.2, 0) is 6.42 Å². The van der Waals surface area contributed by atoms with Crippen molar-refractivity contribution < 1.29 is 0 Å². The normalized spacial score (nSPS) is 18.2. The first-order valence-corrected chi connectivity index (χ1v) is 7.91. The standard InChI is InChI=1S/C15H24N2S/c1-3-11(10-16)15(17-2)13-6-7-14-12(9-13)5-4-8-18-14/h6-7,9,11,15,17H,3-5,8,10,16H2,1-2H3. The van der Waals surface area contributed by atoms with Gasteiger partial charge >= 0.3 is 0 Å². The van der Waals surface area contributed by atoms with E-state index < -0.39 is 0 Å². The van der Waals surface area contributed by atoms with E-state index in [9.17, 15) is 0 Å². The zero-order valence-corrected chi connectivity index (χ0v) is 12.2. The van der Waals surface area contributed by atoms with Gasteiger partial charge in [0, 0.05) is 10.9 Å². The fraction of sp³-hybridized carbons (Fsp3) is 0.600. The molecule has 0 saturated carbocycles. The molecule has 1 heterocycles. The summed E-state index contributed by atoms with van der Waals surface area (Å²) >= 11 is 1.99. The lowest BCUT2D eigenvalue weighted by atomic mass is 9.89. The molecule has 0 bridgehead atoms. The molecule has 0 aliphatic carbocycles. The molecule has 0 amide bonds. The topological polar surface area (TPSA) is 38.0 Å². The van der Waals surface area contributed by atoms with E-state index in [1.165, 1.54) is 34.6 Å². The Morgan fingerprint density at radius 1 is 1.44 bits per heavy atom. The zero-order chi connectivity index (χ0) is 13.0. The highest BCUT2D eigenvalue weighted by Gasteiger charge is 2.20. The minimum absolute atomic E-state index is 0.386. The fourth-order valence-corrected chi connectivity index (χ4v) is 3.81. The molecule has 2 rings (SSSR count). The molecule has 0 fully saturated rings. The second-order valence-corrected chi connectivity index (χ2v) is 6.13. The number of nitrogens with two attached hydrogens (primary N) is 1. The van der Waals surface area contributed by atoms with Crippen LogP contribution in [0, 0.1) is 5.92 Å². The number of hydrogen-bond acceptors (Lipinski definition) is 3. The maximum absolute atomic E-state index is 5.89. The molecule has 1 aromatic carbocycles. The smallest absolute Gasteiger partial charge is 0.0358 e. The predicted octanol–water partition coefficient (Wildman–Crippen LogP) is 2.97. The second-order valence-electron chi connectivity index (χ2n) is 4.99. The summed E-state index contributed by atoms with van der Waals surface area (Å²) < 4.78 is 0. The largest absolute Gasteiger partial charge is 0.330 e. The molecular weight excluding hydrogens is 240 g/mol. The third kappa shape index (κ3) is 2.90. The van der Waals surface area contributed by atoms with Gasteiger partial charge in [-0.3, -0.25) is 0 Å². The van der Waals surface area contributed by atoms with Crippen molar-refractivity contribution in [3.8, 4) is 0 Å². The first kappa shape index (κ1) is 13.9. The predicted molar refractivity (Wildman–Crippen MR) is 80.1 cm³/mol. The van der Waals surface area contributed by atoms with Crippen molar-refractivity contribution in [1.82, 2.24) is 5.32 Å². The van der Waals surface area contributed by atoms with E-state index in [2.05, 4.69) is 30.4 Å². The molecule has 3 N–H and O–H groups in total. The van der Waals surface area contributed by atoms with E-state index in [-0.39, 0.29) is 0 Å². The maximum Gasteiger partial charge on any atom is 0.0358 e. The summed E-state index contributed by atoms with van der Waals surface area (Å²) in [6, 6.07) is 7.34. The molecule has 100 valence electrons. The van der Waals surface area contributed by atoms with Crippen LogP contribution in [0.4, 0.5) is 0 Å². The van der Waals surface area contributed by atoms with Crippen LogP contribution in [0.2, 0.25) is 0 Å². The van der Waals surface area contributed by atoms with Gasteiger partial charge in [0.1, 0.15) is 0 Å². The fourth-order valence-electron chi connectivity index (χ4n) is 2.79. The monoisotopic (exact) mass is 264 g/mol. The van der Waals surface area contributed by atoms with E-state index in [1.54, 1.807) is 0 Å². The summed E-state index contributed by atoms with van der Waals surface area (Å²) in [4.78, 5) is 1.47. The summed E-state index contributed by atoms with van der Waals surface area (Å²) in [5.41, 5.74) is 8.81. The van der Waals surface area contributed by atoms with E-state index in [1.807, 2.05) is 18.8 Å². The van der Waals surface area contributed by atoms with E-state index in [0.29, 0.717) is 12.0 Å². The summed E-state index contributed by atoms with van der Waals surface area (Å²) in [5, 5.41) is 3.44. The Bertz CT molecular complexity index is 388. The zero-order valence-electron chi connectivity index (χ0n) is 11.4. The molecule has 3 heteroatoms. The molecule has 2 atom stereocenters.